The minimum Gasteiger partial charge on any atom is -0.321 e. The highest BCUT2D eigenvalue weighted by atomic mass is 35.5. The van der Waals surface area contributed by atoms with Gasteiger partial charge in [-0.25, -0.2) is 0 Å². The Morgan fingerprint density at radius 1 is 1.60 bits per heavy atom. The molecule has 1 aromatic rings. The fourth-order valence-corrected chi connectivity index (χ4v) is 1.49. The van der Waals surface area contributed by atoms with E-state index in [1.807, 2.05) is 20.8 Å². The molecular formula is C10H16ClN3O. The van der Waals surface area contributed by atoms with Gasteiger partial charge in [-0.05, 0) is 5.41 Å². The molecule has 1 heterocycles. The highest BCUT2D eigenvalue weighted by molar-refractivity contribution is 6.33. The molecule has 0 amide bonds. The van der Waals surface area contributed by atoms with E-state index in [1.54, 1.807) is 7.05 Å². The number of nitrogens with zero attached hydrogens (tertiary/aromatic N) is 2. The number of hydrogen-bond donors (Lipinski definition) is 1. The van der Waals surface area contributed by atoms with Gasteiger partial charge in [-0.15, -0.1) is 0 Å². The van der Waals surface area contributed by atoms with E-state index >= 15 is 0 Å². The van der Waals surface area contributed by atoms with Crippen LogP contribution in [0.15, 0.2) is 6.20 Å². The van der Waals surface area contributed by atoms with Gasteiger partial charge in [0.2, 0.25) is 0 Å². The third-order valence-electron chi connectivity index (χ3n) is 2.34. The molecule has 1 aromatic heterocycles. The molecule has 0 radical (unpaired) electrons. The van der Waals surface area contributed by atoms with Crippen LogP contribution in [0.2, 0.25) is 5.02 Å². The number of carbonyl (C=O) groups is 1. The summed E-state index contributed by atoms with van der Waals surface area (Å²) in [6.45, 7) is 5.75. The molecule has 1 rings (SSSR count). The van der Waals surface area contributed by atoms with Crippen LogP contribution in [0.25, 0.3) is 0 Å². The van der Waals surface area contributed by atoms with Crippen molar-refractivity contribution in [3.8, 4) is 0 Å². The van der Waals surface area contributed by atoms with Crippen molar-refractivity contribution in [2.75, 3.05) is 0 Å². The van der Waals surface area contributed by atoms with Crippen molar-refractivity contribution in [2.45, 2.75) is 26.8 Å². The number of carbonyl (C=O) groups excluding carboxylic acids is 1. The van der Waals surface area contributed by atoms with Gasteiger partial charge in [-0.1, -0.05) is 32.4 Å². The number of nitrogens with two attached hydrogens (primary N) is 1. The van der Waals surface area contributed by atoms with Crippen molar-refractivity contribution >= 4 is 17.4 Å². The Balaban J connectivity index is 3.06. The Hall–Kier alpha value is -0.870. The van der Waals surface area contributed by atoms with Gasteiger partial charge in [0.15, 0.2) is 5.78 Å². The molecule has 0 bridgehead atoms. The SMILES string of the molecule is Cn1ncc(Cl)c1C(=O)C(N)C(C)(C)C. The van der Waals surface area contributed by atoms with Crippen LogP contribution in [0.1, 0.15) is 31.3 Å². The molecule has 1 unspecified atom stereocenters. The molecule has 0 aromatic carbocycles. The fourth-order valence-electron chi connectivity index (χ4n) is 1.23. The summed E-state index contributed by atoms with van der Waals surface area (Å²) in [5.74, 6) is -0.174. The van der Waals surface area contributed by atoms with E-state index in [1.165, 1.54) is 10.9 Å². The van der Waals surface area contributed by atoms with Gasteiger partial charge in [-0.3, -0.25) is 9.48 Å². The first-order valence-electron chi connectivity index (χ1n) is 4.72. The van der Waals surface area contributed by atoms with Crippen LogP contribution in [0, 0.1) is 5.41 Å². The summed E-state index contributed by atoms with van der Waals surface area (Å²) >= 11 is 5.87. The van der Waals surface area contributed by atoms with Crippen LogP contribution in [0.4, 0.5) is 0 Å². The molecule has 0 saturated carbocycles. The molecule has 2 N–H and O–H groups in total. The van der Waals surface area contributed by atoms with E-state index in [9.17, 15) is 4.79 Å². The van der Waals surface area contributed by atoms with E-state index in [-0.39, 0.29) is 11.2 Å². The fraction of sp³-hybridized carbons (Fsp3) is 0.600. The molecule has 0 aliphatic heterocycles. The summed E-state index contributed by atoms with van der Waals surface area (Å²) in [7, 11) is 1.68. The van der Waals surface area contributed by atoms with E-state index in [0.717, 1.165) is 0 Å². The van der Waals surface area contributed by atoms with Gasteiger partial charge in [0.25, 0.3) is 0 Å². The zero-order valence-electron chi connectivity index (χ0n) is 9.41. The maximum absolute atomic E-state index is 12.0. The summed E-state index contributed by atoms with van der Waals surface area (Å²) in [6.07, 6.45) is 1.45. The number of rotatable bonds is 2. The summed E-state index contributed by atoms with van der Waals surface area (Å²) in [6, 6.07) is -0.578. The monoisotopic (exact) mass is 229 g/mol. The second-order valence-electron chi connectivity index (χ2n) is 4.67. The van der Waals surface area contributed by atoms with Crippen LogP contribution in [0.5, 0.6) is 0 Å². The molecule has 0 aliphatic carbocycles. The molecule has 0 aliphatic rings. The molecular weight excluding hydrogens is 214 g/mol. The average molecular weight is 230 g/mol. The molecule has 0 fully saturated rings. The topological polar surface area (TPSA) is 60.9 Å². The summed E-state index contributed by atoms with van der Waals surface area (Å²) in [5.41, 5.74) is 5.96. The van der Waals surface area contributed by atoms with Crippen LogP contribution in [-0.4, -0.2) is 21.6 Å². The highest BCUT2D eigenvalue weighted by Crippen LogP contribution is 2.23. The van der Waals surface area contributed by atoms with Crippen molar-refractivity contribution in [1.82, 2.24) is 9.78 Å². The smallest absolute Gasteiger partial charge is 0.199 e. The zero-order chi connectivity index (χ0) is 11.8. The second-order valence-corrected chi connectivity index (χ2v) is 5.08. The lowest BCUT2D eigenvalue weighted by Gasteiger charge is -2.25. The van der Waals surface area contributed by atoms with Crippen molar-refractivity contribution in [3.63, 3.8) is 0 Å². The third kappa shape index (κ3) is 2.38. The first-order valence-corrected chi connectivity index (χ1v) is 5.10. The molecule has 1 atom stereocenters. The molecule has 0 spiro atoms. The Morgan fingerprint density at radius 3 is 2.47 bits per heavy atom. The highest BCUT2D eigenvalue weighted by Gasteiger charge is 2.31. The van der Waals surface area contributed by atoms with Crippen molar-refractivity contribution in [2.24, 2.45) is 18.2 Å². The van der Waals surface area contributed by atoms with Crippen molar-refractivity contribution in [1.29, 1.82) is 0 Å². The Kier molecular flexibility index (Phi) is 3.21. The number of aromatic nitrogens is 2. The van der Waals surface area contributed by atoms with Gasteiger partial charge in [0.05, 0.1) is 17.3 Å². The average Bonchev–Trinajstić information content (AvgIpc) is 2.42. The lowest BCUT2D eigenvalue weighted by Crippen LogP contribution is -2.43. The zero-order valence-corrected chi connectivity index (χ0v) is 10.2. The quantitative estimate of drug-likeness (QED) is 0.785. The molecule has 0 saturated heterocycles. The summed E-state index contributed by atoms with van der Waals surface area (Å²) < 4.78 is 1.45. The summed E-state index contributed by atoms with van der Waals surface area (Å²) in [4.78, 5) is 12.0. The normalized spacial score (nSPS) is 14.0. The van der Waals surface area contributed by atoms with Gasteiger partial charge in [0, 0.05) is 7.05 Å². The Labute approximate surface area is 94.4 Å². The van der Waals surface area contributed by atoms with Crippen molar-refractivity contribution in [3.05, 3.63) is 16.9 Å². The standard InChI is InChI=1S/C10H16ClN3O/c1-10(2,3)9(12)8(15)7-6(11)5-13-14(7)4/h5,9H,12H2,1-4H3. The first-order chi connectivity index (χ1) is 6.75. The Morgan fingerprint density at radius 2 is 2.13 bits per heavy atom. The number of Topliss-reactive ketones (excluding diaryl/α,β-unsaturated/α-hetero) is 1. The van der Waals surface area contributed by atoms with Crippen LogP contribution < -0.4 is 5.73 Å². The molecule has 84 valence electrons. The number of aryl methyl sites for hydroxylation is 1. The maximum Gasteiger partial charge on any atom is 0.199 e. The number of hydrogen-bond acceptors (Lipinski definition) is 3. The van der Waals surface area contributed by atoms with E-state index in [2.05, 4.69) is 5.10 Å². The molecule has 4 nitrogen and oxygen atoms in total. The van der Waals surface area contributed by atoms with Crippen LogP contribution in [-0.2, 0) is 7.05 Å². The first kappa shape index (κ1) is 12.2. The number of ketones is 1. The van der Waals surface area contributed by atoms with Crippen LogP contribution >= 0.6 is 11.6 Å². The van der Waals surface area contributed by atoms with Crippen LogP contribution in [0.3, 0.4) is 0 Å². The number of halogens is 1. The predicted octanol–water partition coefficient (Wildman–Crippen LogP) is 1.63. The van der Waals surface area contributed by atoms with E-state index in [4.69, 9.17) is 17.3 Å². The molecule has 15 heavy (non-hydrogen) atoms. The van der Waals surface area contributed by atoms with E-state index in [0.29, 0.717) is 10.7 Å². The summed E-state index contributed by atoms with van der Waals surface area (Å²) in [5, 5.41) is 4.26. The van der Waals surface area contributed by atoms with Gasteiger partial charge in [0.1, 0.15) is 5.69 Å². The van der Waals surface area contributed by atoms with Gasteiger partial charge in [-0.2, -0.15) is 5.10 Å². The second kappa shape index (κ2) is 3.94. The lowest BCUT2D eigenvalue weighted by atomic mass is 9.84. The minimum atomic E-state index is -0.578. The third-order valence-corrected chi connectivity index (χ3v) is 2.62. The largest absolute Gasteiger partial charge is 0.321 e. The van der Waals surface area contributed by atoms with Crippen molar-refractivity contribution < 1.29 is 4.79 Å². The van der Waals surface area contributed by atoms with Gasteiger partial charge >= 0.3 is 0 Å². The predicted molar refractivity (Wildman–Crippen MR) is 60.0 cm³/mol. The lowest BCUT2D eigenvalue weighted by molar-refractivity contribution is 0.0892. The maximum atomic E-state index is 12.0. The minimum absolute atomic E-state index is 0.174. The van der Waals surface area contributed by atoms with E-state index < -0.39 is 6.04 Å². The molecule has 5 heteroatoms. The van der Waals surface area contributed by atoms with Gasteiger partial charge < -0.3 is 5.73 Å². The Bertz CT molecular complexity index is 359.